The van der Waals surface area contributed by atoms with Crippen LogP contribution in [-0.4, -0.2) is 69.4 Å². The van der Waals surface area contributed by atoms with Gasteiger partial charge >= 0.3 is 5.97 Å². The molecular formula is C28H36N4O6. The molecule has 38 heavy (non-hydrogen) atoms. The van der Waals surface area contributed by atoms with Crippen molar-refractivity contribution in [3.8, 4) is 11.4 Å². The summed E-state index contributed by atoms with van der Waals surface area (Å²) in [6, 6.07) is 7.04. The highest BCUT2D eigenvalue weighted by molar-refractivity contribution is 5.81. The van der Waals surface area contributed by atoms with Gasteiger partial charge in [-0.2, -0.15) is 0 Å². The van der Waals surface area contributed by atoms with E-state index >= 15 is 0 Å². The summed E-state index contributed by atoms with van der Waals surface area (Å²) in [5.41, 5.74) is 4.19. The van der Waals surface area contributed by atoms with Crippen molar-refractivity contribution in [2.45, 2.75) is 70.6 Å². The number of esters is 1. The van der Waals surface area contributed by atoms with Crippen LogP contribution in [0.2, 0.25) is 0 Å². The van der Waals surface area contributed by atoms with E-state index in [1.54, 1.807) is 18.5 Å². The van der Waals surface area contributed by atoms with Gasteiger partial charge in [-0.1, -0.05) is 6.07 Å². The number of aryl methyl sites for hydroxylation is 2. The van der Waals surface area contributed by atoms with Gasteiger partial charge in [0, 0.05) is 43.9 Å². The number of nitrogens with zero attached hydrogens (tertiary/aromatic N) is 3. The number of carbonyl (C=O) groups is 1. The van der Waals surface area contributed by atoms with E-state index in [0.717, 1.165) is 47.4 Å². The maximum absolute atomic E-state index is 12.7. The van der Waals surface area contributed by atoms with Crippen LogP contribution in [0.25, 0.3) is 22.4 Å². The minimum atomic E-state index is -0.918. The van der Waals surface area contributed by atoms with E-state index in [0.29, 0.717) is 38.3 Å². The molecule has 2 fully saturated rings. The van der Waals surface area contributed by atoms with Gasteiger partial charge in [-0.05, 0) is 50.5 Å². The molecule has 4 unspecified atom stereocenters. The molecule has 2 aliphatic heterocycles. The van der Waals surface area contributed by atoms with Crippen molar-refractivity contribution in [3.05, 3.63) is 51.9 Å². The molecule has 0 aliphatic carbocycles. The largest absolute Gasteiger partial charge is 0.459 e. The third-order valence-electron chi connectivity index (χ3n) is 7.28. The van der Waals surface area contributed by atoms with Crippen molar-refractivity contribution < 1.29 is 24.1 Å². The summed E-state index contributed by atoms with van der Waals surface area (Å²) in [5.74, 6) is 0.299. The number of nitrogens with one attached hydrogen (secondary N) is 1. The van der Waals surface area contributed by atoms with Crippen LogP contribution in [-0.2, 0) is 39.1 Å². The maximum atomic E-state index is 12.7. The number of carbonyl (C=O) groups excluding carboxylic acids is 1. The molecule has 4 heterocycles. The topological polar surface area (TPSA) is 117 Å². The van der Waals surface area contributed by atoms with Crippen LogP contribution in [0.15, 0.2) is 35.3 Å². The Morgan fingerprint density at radius 2 is 2.13 bits per heavy atom. The Kier molecular flexibility index (Phi) is 7.94. The minimum Gasteiger partial charge on any atom is -0.459 e. The molecule has 4 atom stereocenters. The van der Waals surface area contributed by atoms with Crippen molar-refractivity contribution in [2.24, 2.45) is 7.05 Å². The number of aliphatic hydroxyl groups is 1. The fourth-order valence-electron chi connectivity index (χ4n) is 5.20. The number of aliphatic hydroxyl groups excluding tert-OH is 1. The first kappa shape index (κ1) is 26.6. The second-order valence-electron chi connectivity index (χ2n) is 10.4. The molecule has 0 amide bonds. The predicted molar refractivity (Wildman–Crippen MR) is 142 cm³/mol. The monoisotopic (exact) mass is 524 g/mol. The standard InChI is InChI=1S/C28H36N4O6/c1-17-11-20(14-31(3)27(17)34)26-30-23-12-19(6-7-24(23)32(26)15-21-5-4-9-37-21)13-29-25(18(2)33)28(35)38-22-8-10-36-16-22/h6-7,11-12,14,18,21-22,25,29,33H,4-5,8-10,13,15-16H2,1-3H3. The van der Waals surface area contributed by atoms with Crippen molar-refractivity contribution >= 4 is 17.0 Å². The number of aromatic nitrogens is 3. The summed E-state index contributed by atoms with van der Waals surface area (Å²) < 4.78 is 20.5. The van der Waals surface area contributed by atoms with Crippen molar-refractivity contribution in [1.82, 2.24) is 19.4 Å². The van der Waals surface area contributed by atoms with Gasteiger partial charge in [-0.25, -0.2) is 4.98 Å². The van der Waals surface area contributed by atoms with E-state index < -0.39 is 18.1 Å². The van der Waals surface area contributed by atoms with Crippen molar-refractivity contribution in [1.29, 1.82) is 0 Å². The van der Waals surface area contributed by atoms with Gasteiger partial charge in [0.1, 0.15) is 18.0 Å². The van der Waals surface area contributed by atoms with E-state index in [1.807, 2.05) is 37.4 Å². The second-order valence-corrected chi connectivity index (χ2v) is 10.4. The Balaban J connectivity index is 1.41. The van der Waals surface area contributed by atoms with Crippen LogP contribution in [0.4, 0.5) is 0 Å². The first-order valence-corrected chi connectivity index (χ1v) is 13.3. The molecule has 2 aromatic heterocycles. The Labute approximate surface area is 221 Å². The van der Waals surface area contributed by atoms with Crippen LogP contribution in [0.5, 0.6) is 0 Å². The molecule has 0 saturated carbocycles. The molecule has 0 spiro atoms. The summed E-state index contributed by atoms with van der Waals surface area (Å²) in [4.78, 5) is 29.9. The number of pyridine rings is 1. The fourth-order valence-corrected chi connectivity index (χ4v) is 5.20. The Morgan fingerprint density at radius 1 is 1.29 bits per heavy atom. The zero-order chi connectivity index (χ0) is 26.8. The van der Waals surface area contributed by atoms with Gasteiger partial charge in [0.25, 0.3) is 5.56 Å². The van der Waals surface area contributed by atoms with Crippen LogP contribution in [0.3, 0.4) is 0 Å². The molecule has 2 aliphatic rings. The molecule has 0 bridgehead atoms. The normalized spacial score (nSPS) is 21.2. The summed E-state index contributed by atoms with van der Waals surface area (Å²) in [7, 11) is 1.75. The molecular weight excluding hydrogens is 488 g/mol. The third-order valence-corrected chi connectivity index (χ3v) is 7.28. The molecule has 10 nitrogen and oxygen atoms in total. The van der Waals surface area contributed by atoms with Gasteiger partial charge in [0.05, 0.1) is 43.0 Å². The van der Waals surface area contributed by atoms with Gasteiger partial charge in [-0.3, -0.25) is 14.9 Å². The molecule has 3 aromatic rings. The Morgan fingerprint density at radius 3 is 2.82 bits per heavy atom. The van der Waals surface area contributed by atoms with Crippen LogP contribution >= 0.6 is 0 Å². The number of hydrogen-bond acceptors (Lipinski definition) is 8. The molecule has 10 heteroatoms. The third kappa shape index (κ3) is 5.68. The minimum absolute atomic E-state index is 0.0319. The molecule has 2 saturated heterocycles. The maximum Gasteiger partial charge on any atom is 0.326 e. The van der Waals surface area contributed by atoms with E-state index in [9.17, 15) is 14.7 Å². The Hall–Kier alpha value is -3.05. The summed E-state index contributed by atoms with van der Waals surface area (Å²) in [6.07, 6.45) is 3.46. The van der Waals surface area contributed by atoms with E-state index in [4.69, 9.17) is 19.2 Å². The van der Waals surface area contributed by atoms with Crippen molar-refractivity contribution in [2.75, 3.05) is 19.8 Å². The predicted octanol–water partition coefficient (Wildman–Crippen LogP) is 2.06. The van der Waals surface area contributed by atoms with Crippen molar-refractivity contribution in [3.63, 3.8) is 0 Å². The van der Waals surface area contributed by atoms with E-state index in [1.165, 1.54) is 0 Å². The molecule has 204 valence electrons. The number of hydrogen-bond donors (Lipinski definition) is 2. The molecule has 0 radical (unpaired) electrons. The van der Waals surface area contributed by atoms with Gasteiger partial charge < -0.3 is 28.5 Å². The zero-order valence-corrected chi connectivity index (χ0v) is 22.2. The number of fused-ring (bicyclic) bond motifs is 1. The average Bonchev–Trinajstić information content (AvgIpc) is 3.65. The van der Waals surface area contributed by atoms with Crippen LogP contribution in [0, 0.1) is 6.92 Å². The molecule has 1 aromatic carbocycles. The SMILES string of the molecule is Cc1cc(-c2nc3cc(CNC(C(=O)OC4CCOC4)C(C)O)ccc3n2CC2CCCO2)cn(C)c1=O. The van der Waals surface area contributed by atoms with E-state index in [-0.39, 0.29) is 17.8 Å². The highest BCUT2D eigenvalue weighted by Crippen LogP contribution is 2.28. The lowest BCUT2D eigenvalue weighted by Crippen LogP contribution is -2.46. The summed E-state index contributed by atoms with van der Waals surface area (Å²) >= 11 is 0. The number of imidazole rings is 1. The molecule has 2 N–H and O–H groups in total. The van der Waals surface area contributed by atoms with Gasteiger partial charge in [0.15, 0.2) is 0 Å². The smallest absolute Gasteiger partial charge is 0.326 e. The van der Waals surface area contributed by atoms with Gasteiger partial charge in [0.2, 0.25) is 0 Å². The van der Waals surface area contributed by atoms with Gasteiger partial charge in [-0.15, -0.1) is 0 Å². The Bertz CT molecular complexity index is 1330. The number of benzene rings is 1. The number of rotatable bonds is 9. The highest BCUT2D eigenvalue weighted by Gasteiger charge is 2.29. The lowest BCUT2D eigenvalue weighted by Gasteiger charge is -2.22. The first-order chi connectivity index (χ1) is 18.3. The zero-order valence-electron chi connectivity index (χ0n) is 22.2. The first-order valence-electron chi connectivity index (χ1n) is 13.3. The summed E-state index contributed by atoms with van der Waals surface area (Å²) in [5, 5.41) is 13.4. The quantitative estimate of drug-likeness (QED) is 0.409. The summed E-state index contributed by atoms with van der Waals surface area (Å²) in [6.45, 7) is 6.14. The van der Waals surface area contributed by atoms with Crippen LogP contribution in [0.1, 0.15) is 37.3 Å². The van der Waals surface area contributed by atoms with Crippen LogP contribution < -0.4 is 10.9 Å². The lowest BCUT2D eigenvalue weighted by atomic mass is 10.1. The lowest BCUT2D eigenvalue weighted by molar-refractivity contribution is -0.154. The average molecular weight is 525 g/mol. The molecule has 5 rings (SSSR count). The van der Waals surface area contributed by atoms with E-state index in [2.05, 4.69) is 9.88 Å². The number of ether oxygens (including phenoxy) is 3. The fraction of sp³-hybridized carbons (Fsp3) is 0.536. The highest BCUT2D eigenvalue weighted by atomic mass is 16.6. The second kappa shape index (κ2) is 11.4.